The second-order valence-corrected chi connectivity index (χ2v) is 15.3. The van der Waals surface area contributed by atoms with E-state index in [9.17, 15) is 0 Å². The number of benzene rings is 9. The molecule has 0 amide bonds. The first-order valence-electron chi connectivity index (χ1n) is 19.7. The van der Waals surface area contributed by atoms with Gasteiger partial charge in [-0.25, -0.2) is 9.97 Å². The van der Waals surface area contributed by atoms with Gasteiger partial charge >= 0.3 is 0 Å². The van der Waals surface area contributed by atoms with E-state index in [1.165, 1.54) is 71.6 Å². The molecule has 2 aliphatic carbocycles. The summed E-state index contributed by atoms with van der Waals surface area (Å²) in [5.74, 6) is 0.730. The van der Waals surface area contributed by atoms with Crippen LogP contribution in [0.2, 0.25) is 0 Å². The highest BCUT2D eigenvalue weighted by atomic mass is 14.9. The van der Waals surface area contributed by atoms with Crippen LogP contribution in [0.25, 0.3) is 88.8 Å². The molecule has 0 unspecified atom stereocenters. The monoisotopic (exact) mass is 722 g/mol. The molecule has 1 heterocycles. The lowest BCUT2D eigenvalue weighted by atomic mass is 9.69. The Hall–Kier alpha value is -7.42. The molecule has 2 nitrogen and oxygen atoms in total. The summed E-state index contributed by atoms with van der Waals surface area (Å²) in [4.78, 5) is 11.2. The van der Waals surface area contributed by atoms with E-state index in [4.69, 9.17) is 9.97 Å². The van der Waals surface area contributed by atoms with Gasteiger partial charge in [0.25, 0.3) is 0 Å². The van der Waals surface area contributed by atoms with E-state index < -0.39 is 5.41 Å². The van der Waals surface area contributed by atoms with Gasteiger partial charge in [-0.2, -0.15) is 0 Å². The fourth-order valence-electron chi connectivity index (χ4n) is 9.75. The Morgan fingerprint density at radius 2 is 0.825 bits per heavy atom. The predicted molar refractivity (Wildman–Crippen MR) is 235 cm³/mol. The van der Waals surface area contributed by atoms with Gasteiger partial charge in [0, 0.05) is 22.3 Å². The summed E-state index contributed by atoms with van der Waals surface area (Å²) in [5, 5.41) is 4.87. The largest absolute Gasteiger partial charge is 0.228 e. The van der Waals surface area contributed by atoms with E-state index in [1.54, 1.807) is 0 Å². The van der Waals surface area contributed by atoms with Gasteiger partial charge in [-0.15, -0.1) is 0 Å². The first-order valence-corrected chi connectivity index (χ1v) is 19.7. The summed E-state index contributed by atoms with van der Waals surface area (Å²) in [7, 11) is 0. The molecule has 0 N–H and O–H groups in total. The molecular weight excluding hydrogens is 689 g/mol. The molecule has 12 rings (SSSR count). The Bertz CT molecular complexity index is 3180. The zero-order valence-corrected chi connectivity index (χ0v) is 31.0. The highest BCUT2D eigenvalue weighted by molar-refractivity contribution is 6.03. The van der Waals surface area contributed by atoms with Crippen molar-refractivity contribution in [2.45, 2.75) is 5.41 Å². The van der Waals surface area contributed by atoms with E-state index in [0.717, 1.165) is 39.5 Å². The lowest BCUT2D eigenvalue weighted by molar-refractivity contribution is 0.788. The highest BCUT2D eigenvalue weighted by Gasteiger charge is 2.54. The van der Waals surface area contributed by atoms with Crippen LogP contribution in [0.1, 0.15) is 22.3 Å². The Morgan fingerprint density at radius 3 is 1.56 bits per heavy atom. The number of fused-ring (bicyclic) bond motifs is 12. The number of hydrogen-bond acceptors (Lipinski definition) is 2. The average Bonchev–Trinajstić information content (AvgIpc) is 3.75. The molecule has 57 heavy (non-hydrogen) atoms. The van der Waals surface area contributed by atoms with Crippen molar-refractivity contribution in [3.05, 3.63) is 229 Å². The smallest absolute Gasteiger partial charge is 0.160 e. The number of nitrogens with zero attached hydrogens (tertiary/aromatic N) is 2. The molecule has 0 saturated heterocycles. The van der Waals surface area contributed by atoms with Crippen LogP contribution in [0.5, 0.6) is 0 Å². The van der Waals surface area contributed by atoms with E-state index in [-0.39, 0.29) is 0 Å². The lowest BCUT2D eigenvalue weighted by Gasteiger charge is -2.32. The van der Waals surface area contributed by atoms with Crippen molar-refractivity contribution in [3.63, 3.8) is 0 Å². The van der Waals surface area contributed by atoms with Crippen LogP contribution < -0.4 is 0 Å². The molecule has 264 valence electrons. The first kappa shape index (κ1) is 31.9. The Balaban J connectivity index is 1.13. The van der Waals surface area contributed by atoms with Crippen LogP contribution in [0.15, 0.2) is 206 Å². The Morgan fingerprint density at radius 1 is 0.298 bits per heavy atom. The minimum absolute atomic E-state index is 0.638. The van der Waals surface area contributed by atoms with Gasteiger partial charge in [-0.05, 0) is 83.7 Å². The van der Waals surface area contributed by atoms with Gasteiger partial charge in [0.05, 0.1) is 16.8 Å². The van der Waals surface area contributed by atoms with Crippen LogP contribution in [0, 0.1) is 0 Å². The van der Waals surface area contributed by atoms with Crippen molar-refractivity contribution in [3.8, 4) is 67.3 Å². The molecule has 0 bridgehead atoms. The second-order valence-electron chi connectivity index (χ2n) is 15.3. The molecule has 2 heteroatoms. The third-order valence-electron chi connectivity index (χ3n) is 12.3. The van der Waals surface area contributed by atoms with Crippen LogP contribution in [0.4, 0.5) is 0 Å². The highest BCUT2D eigenvalue weighted by Crippen LogP contribution is 2.64. The van der Waals surface area contributed by atoms with Crippen LogP contribution >= 0.6 is 0 Å². The maximum Gasteiger partial charge on any atom is 0.160 e. The molecule has 0 fully saturated rings. The zero-order valence-electron chi connectivity index (χ0n) is 31.0. The van der Waals surface area contributed by atoms with Crippen molar-refractivity contribution in [1.29, 1.82) is 0 Å². The van der Waals surface area contributed by atoms with Crippen molar-refractivity contribution in [2.24, 2.45) is 0 Å². The molecular formula is C55H34N2. The fraction of sp³-hybridized carbons (Fsp3) is 0.0182. The molecule has 0 radical (unpaired) electrons. The second kappa shape index (κ2) is 12.3. The molecule has 0 atom stereocenters. The number of hydrogen-bond donors (Lipinski definition) is 0. The lowest BCUT2D eigenvalue weighted by Crippen LogP contribution is -2.27. The van der Waals surface area contributed by atoms with Gasteiger partial charge in [0.15, 0.2) is 5.82 Å². The van der Waals surface area contributed by atoms with Gasteiger partial charge < -0.3 is 0 Å². The van der Waals surface area contributed by atoms with Crippen LogP contribution in [-0.4, -0.2) is 9.97 Å². The summed E-state index contributed by atoms with van der Waals surface area (Å²) >= 11 is 0. The van der Waals surface area contributed by atoms with Gasteiger partial charge in [0.2, 0.25) is 0 Å². The van der Waals surface area contributed by atoms with E-state index >= 15 is 0 Å². The minimum Gasteiger partial charge on any atom is -0.228 e. The fourth-order valence-corrected chi connectivity index (χ4v) is 9.75. The van der Waals surface area contributed by atoms with Gasteiger partial charge in [-0.1, -0.05) is 194 Å². The molecule has 9 aromatic carbocycles. The molecule has 10 aromatic rings. The quantitative estimate of drug-likeness (QED) is 0.181. The van der Waals surface area contributed by atoms with Gasteiger partial charge in [-0.3, -0.25) is 0 Å². The zero-order chi connectivity index (χ0) is 37.5. The topological polar surface area (TPSA) is 25.8 Å². The first-order chi connectivity index (χ1) is 28.3. The van der Waals surface area contributed by atoms with E-state index in [1.807, 2.05) is 0 Å². The van der Waals surface area contributed by atoms with Crippen molar-refractivity contribution < 1.29 is 0 Å². The maximum atomic E-state index is 5.61. The van der Waals surface area contributed by atoms with Crippen molar-refractivity contribution in [1.82, 2.24) is 9.97 Å². The Kier molecular flexibility index (Phi) is 6.88. The minimum atomic E-state index is -0.638. The SMILES string of the molecule is c1ccc(-c2nc3c(c(-c4cccc5ccccc45)n2)C2(c4ccccc4-c4ccccc42)c2cc(-c4ccc(-c5ccc6ccccc6c5)cc4)ccc2-3)cc1. The molecule has 0 saturated carbocycles. The predicted octanol–water partition coefficient (Wildman–Crippen LogP) is 13.8. The average molecular weight is 723 g/mol. The summed E-state index contributed by atoms with van der Waals surface area (Å²) in [5.41, 5.74) is 16.8. The van der Waals surface area contributed by atoms with Crippen molar-refractivity contribution >= 4 is 21.5 Å². The third kappa shape index (κ3) is 4.65. The standard InChI is InChI=1S/C55H34N2/c1-2-15-39(16-3-1)54-56-52(46-22-12-18-38-14-6-7-19-43(38)46)51-53(57-54)47-32-31-42(37-27-25-36(26-28-37)41-30-29-35-13-4-5-17-40(35)33-41)34-50(47)55(51)48-23-10-8-20-44(48)45-21-9-11-24-49(45)55/h1-34H. The van der Waals surface area contributed by atoms with Crippen LogP contribution in [0.3, 0.4) is 0 Å². The molecule has 0 aliphatic heterocycles. The van der Waals surface area contributed by atoms with Gasteiger partial charge in [0.1, 0.15) is 0 Å². The summed E-state index contributed by atoms with van der Waals surface area (Å²) < 4.78 is 0. The molecule has 2 aliphatic rings. The Labute approximate surface area is 331 Å². The normalized spacial score (nSPS) is 13.1. The number of rotatable bonds is 4. The summed E-state index contributed by atoms with van der Waals surface area (Å²) in [6.07, 6.45) is 0. The molecule has 1 spiro atoms. The number of aromatic nitrogens is 2. The van der Waals surface area contributed by atoms with Crippen molar-refractivity contribution in [2.75, 3.05) is 0 Å². The summed E-state index contributed by atoms with van der Waals surface area (Å²) in [6, 6.07) is 75.0. The molecule has 1 aromatic heterocycles. The third-order valence-corrected chi connectivity index (χ3v) is 12.3. The van der Waals surface area contributed by atoms with Crippen LogP contribution in [-0.2, 0) is 5.41 Å². The maximum absolute atomic E-state index is 5.61. The van der Waals surface area contributed by atoms with E-state index in [0.29, 0.717) is 0 Å². The van der Waals surface area contributed by atoms with E-state index in [2.05, 4.69) is 206 Å². The summed E-state index contributed by atoms with van der Waals surface area (Å²) in [6.45, 7) is 0.